The molecule has 0 aliphatic carbocycles. The number of nitrogens with two attached hydrogens (primary N) is 1. The predicted molar refractivity (Wildman–Crippen MR) is 80.5 cm³/mol. The van der Waals surface area contributed by atoms with Crippen LogP contribution in [-0.2, 0) is 11.8 Å². The van der Waals surface area contributed by atoms with Gasteiger partial charge in [0.1, 0.15) is 5.82 Å². The number of hydrogen-bond donors (Lipinski definition) is 2. The molecule has 0 bridgehead atoms. The smallest absolute Gasteiger partial charge is 0.147 e. The van der Waals surface area contributed by atoms with Gasteiger partial charge in [0.2, 0.25) is 0 Å². The number of nitrogens with zero attached hydrogens (tertiary/aromatic N) is 2. The van der Waals surface area contributed by atoms with Crippen molar-refractivity contribution in [2.24, 2.45) is 13.0 Å². The van der Waals surface area contributed by atoms with Gasteiger partial charge in [-0.1, -0.05) is 27.7 Å². The summed E-state index contributed by atoms with van der Waals surface area (Å²) < 4.78 is 7.37. The number of nitrogen functional groups attached to an aromatic ring is 1. The van der Waals surface area contributed by atoms with Crippen LogP contribution in [0.25, 0.3) is 0 Å². The Hall–Kier alpha value is -1.23. The van der Waals surface area contributed by atoms with Crippen molar-refractivity contribution >= 4 is 11.5 Å². The highest BCUT2D eigenvalue weighted by Crippen LogP contribution is 2.27. The monoisotopic (exact) mass is 268 g/mol. The van der Waals surface area contributed by atoms with Crippen LogP contribution < -0.4 is 11.1 Å². The third-order valence-corrected chi connectivity index (χ3v) is 3.04. The van der Waals surface area contributed by atoms with Crippen LogP contribution in [0.1, 0.15) is 45.7 Å². The van der Waals surface area contributed by atoms with Crippen LogP contribution >= 0.6 is 0 Å². The molecule has 1 aromatic rings. The first-order chi connectivity index (χ1) is 8.93. The molecule has 3 N–H and O–H groups in total. The minimum atomic E-state index is 0.337. The molecule has 0 spiro atoms. The SMILES string of the molecule is CC(C)CCOCCNc1c(N)c(C(C)C)nn1C. The standard InChI is InChI=1S/C14H28N4O/c1-10(2)6-8-19-9-7-16-14-12(15)13(11(3)4)17-18(14)5/h10-11,16H,6-9,15H2,1-5H3. The summed E-state index contributed by atoms with van der Waals surface area (Å²) in [5.41, 5.74) is 7.80. The molecule has 5 nitrogen and oxygen atoms in total. The fourth-order valence-corrected chi connectivity index (χ4v) is 1.86. The van der Waals surface area contributed by atoms with Crippen molar-refractivity contribution in [3.05, 3.63) is 5.69 Å². The molecule has 5 heteroatoms. The zero-order valence-electron chi connectivity index (χ0n) is 12.9. The molecule has 0 radical (unpaired) electrons. The Morgan fingerprint density at radius 3 is 2.47 bits per heavy atom. The molecule has 0 aliphatic heterocycles. The zero-order chi connectivity index (χ0) is 14.4. The molecular weight excluding hydrogens is 240 g/mol. The zero-order valence-corrected chi connectivity index (χ0v) is 12.9. The van der Waals surface area contributed by atoms with Crippen LogP contribution in [0, 0.1) is 5.92 Å². The van der Waals surface area contributed by atoms with Crippen LogP contribution in [0.15, 0.2) is 0 Å². The van der Waals surface area contributed by atoms with Crippen molar-refractivity contribution in [1.82, 2.24) is 9.78 Å². The van der Waals surface area contributed by atoms with Gasteiger partial charge in [0.25, 0.3) is 0 Å². The lowest BCUT2D eigenvalue weighted by Crippen LogP contribution is -2.13. The maximum Gasteiger partial charge on any atom is 0.147 e. The van der Waals surface area contributed by atoms with Crippen molar-refractivity contribution in [3.63, 3.8) is 0 Å². The highest BCUT2D eigenvalue weighted by molar-refractivity contribution is 5.65. The molecule has 1 heterocycles. The molecule has 1 aromatic heterocycles. The average Bonchev–Trinajstić information content (AvgIpc) is 2.60. The third-order valence-electron chi connectivity index (χ3n) is 3.04. The van der Waals surface area contributed by atoms with E-state index in [9.17, 15) is 0 Å². The molecule has 0 unspecified atom stereocenters. The van der Waals surface area contributed by atoms with E-state index in [1.54, 1.807) is 4.68 Å². The number of rotatable bonds is 8. The number of anilines is 2. The Labute approximate surface area is 116 Å². The predicted octanol–water partition coefficient (Wildman–Crippen LogP) is 2.60. The first-order valence-corrected chi connectivity index (χ1v) is 7.07. The fourth-order valence-electron chi connectivity index (χ4n) is 1.86. The first kappa shape index (κ1) is 15.8. The Kier molecular flexibility index (Phi) is 6.15. The van der Waals surface area contributed by atoms with E-state index >= 15 is 0 Å². The molecule has 0 saturated carbocycles. The summed E-state index contributed by atoms with van der Waals surface area (Å²) in [6, 6.07) is 0. The van der Waals surface area contributed by atoms with Crippen molar-refractivity contribution in [3.8, 4) is 0 Å². The number of hydrogen-bond acceptors (Lipinski definition) is 4. The van der Waals surface area contributed by atoms with Gasteiger partial charge in [-0.2, -0.15) is 5.10 Å². The summed E-state index contributed by atoms with van der Waals surface area (Å²) in [7, 11) is 1.91. The van der Waals surface area contributed by atoms with Crippen LogP contribution in [0.5, 0.6) is 0 Å². The number of aromatic nitrogens is 2. The lowest BCUT2D eigenvalue weighted by Gasteiger charge is -2.09. The summed E-state index contributed by atoms with van der Waals surface area (Å²) in [4.78, 5) is 0. The molecule has 0 amide bonds. The third kappa shape index (κ3) is 4.74. The topological polar surface area (TPSA) is 65.1 Å². The summed E-state index contributed by atoms with van der Waals surface area (Å²) >= 11 is 0. The summed E-state index contributed by atoms with van der Waals surface area (Å²) in [5, 5.41) is 7.73. The van der Waals surface area contributed by atoms with Gasteiger partial charge in [-0.05, 0) is 18.3 Å². The Balaban J connectivity index is 2.37. The quantitative estimate of drug-likeness (QED) is 0.711. The van der Waals surface area contributed by atoms with Gasteiger partial charge in [0, 0.05) is 20.2 Å². The van der Waals surface area contributed by atoms with Crippen LogP contribution in [-0.4, -0.2) is 29.5 Å². The van der Waals surface area contributed by atoms with E-state index in [0.29, 0.717) is 18.4 Å². The fraction of sp³-hybridized carbons (Fsp3) is 0.786. The summed E-state index contributed by atoms with van der Waals surface area (Å²) in [5.74, 6) is 1.91. The van der Waals surface area contributed by atoms with Crippen LogP contribution in [0.3, 0.4) is 0 Å². The summed E-state index contributed by atoms with van der Waals surface area (Å²) in [6.07, 6.45) is 1.10. The van der Waals surface area contributed by atoms with Crippen molar-refractivity contribution in [2.45, 2.75) is 40.0 Å². The summed E-state index contributed by atoms with van der Waals surface area (Å²) in [6.45, 7) is 10.8. The van der Waals surface area contributed by atoms with E-state index in [-0.39, 0.29) is 0 Å². The van der Waals surface area contributed by atoms with Crippen LogP contribution in [0.2, 0.25) is 0 Å². The number of ether oxygens (including phenoxy) is 1. The highest BCUT2D eigenvalue weighted by Gasteiger charge is 2.15. The van der Waals surface area contributed by atoms with Gasteiger partial charge in [-0.25, -0.2) is 0 Å². The lowest BCUT2D eigenvalue weighted by molar-refractivity contribution is 0.132. The molecule has 1 rings (SSSR count). The average molecular weight is 268 g/mol. The Morgan fingerprint density at radius 1 is 1.26 bits per heavy atom. The molecule has 0 atom stereocenters. The normalized spacial score (nSPS) is 11.5. The van der Waals surface area contributed by atoms with Gasteiger partial charge < -0.3 is 15.8 Å². The van der Waals surface area contributed by atoms with Crippen LogP contribution in [0.4, 0.5) is 11.5 Å². The Bertz CT molecular complexity index is 385. The van der Waals surface area contributed by atoms with Gasteiger partial charge in [-0.15, -0.1) is 0 Å². The van der Waals surface area contributed by atoms with Crippen molar-refractivity contribution in [2.75, 3.05) is 30.8 Å². The maximum absolute atomic E-state index is 6.10. The lowest BCUT2D eigenvalue weighted by atomic mass is 10.1. The minimum Gasteiger partial charge on any atom is -0.394 e. The van der Waals surface area contributed by atoms with E-state index in [1.165, 1.54) is 0 Å². The van der Waals surface area contributed by atoms with Gasteiger partial charge >= 0.3 is 0 Å². The molecule has 19 heavy (non-hydrogen) atoms. The van der Waals surface area contributed by atoms with E-state index in [2.05, 4.69) is 38.1 Å². The molecule has 110 valence electrons. The molecule has 0 fully saturated rings. The number of aryl methyl sites for hydroxylation is 1. The largest absolute Gasteiger partial charge is 0.394 e. The molecular formula is C14H28N4O. The van der Waals surface area contributed by atoms with E-state index < -0.39 is 0 Å². The second kappa shape index (κ2) is 7.38. The van der Waals surface area contributed by atoms with E-state index in [1.807, 2.05) is 7.05 Å². The second-order valence-electron chi connectivity index (χ2n) is 5.65. The first-order valence-electron chi connectivity index (χ1n) is 7.07. The van der Waals surface area contributed by atoms with Gasteiger partial charge in [-0.3, -0.25) is 4.68 Å². The molecule has 0 aliphatic rings. The van der Waals surface area contributed by atoms with Crippen molar-refractivity contribution < 1.29 is 4.74 Å². The van der Waals surface area contributed by atoms with Crippen molar-refractivity contribution in [1.29, 1.82) is 0 Å². The van der Waals surface area contributed by atoms with E-state index in [4.69, 9.17) is 10.5 Å². The van der Waals surface area contributed by atoms with Gasteiger partial charge in [0.05, 0.1) is 18.0 Å². The molecule has 0 aromatic carbocycles. The Morgan fingerprint density at radius 2 is 1.95 bits per heavy atom. The number of nitrogens with one attached hydrogen (secondary N) is 1. The van der Waals surface area contributed by atoms with E-state index in [0.717, 1.165) is 36.8 Å². The van der Waals surface area contributed by atoms with Gasteiger partial charge in [0.15, 0.2) is 0 Å². The molecule has 0 saturated heterocycles. The minimum absolute atomic E-state index is 0.337. The second-order valence-corrected chi connectivity index (χ2v) is 5.65. The maximum atomic E-state index is 6.10. The highest BCUT2D eigenvalue weighted by atomic mass is 16.5.